The molecular formula is C6H8N2O2. The van der Waals surface area contributed by atoms with Crippen LogP contribution >= 0.6 is 0 Å². The average Bonchev–Trinajstić information content (AvgIpc) is 1.82. The number of nitrogens with one attached hydrogen (secondary N) is 1. The molecule has 0 saturated carbocycles. The summed E-state index contributed by atoms with van der Waals surface area (Å²) in [6.45, 7) is 1.72. The summed E-state index contributed by atoms with van der Waals surface area (Å²) in [4.78, 5) is 21.4. The van der Waals surface area contributed by atoms with Crippen LogP contribution in [-0.2, 0) is 7.05 Å². The molecule has 1 rings (SSSR count). The molecule has 0 aliphatic carbocycles. The Morgan fingerprint density at radius 3 is 2.60 bits per heavy atom. The van der Waals surface area contributed by atoms with Crippen LogP contribution < -0.4 is 11.0 Å². The molecule has 1 heterocycles. The number of aromatic amines is 1. The maximum absolute atomic E-state index is 10.7. The lowest BCUT2D eigenvalue weighted by Crippen LogP contribution is -2.34. The molecule has 0 radical (unpaired) electrons. The van der Waals surface area contributed by atoms with E-state index in [0.29, 0.717) is 5.69 Å². The molecule has 0 amide bonds. The number of hydrogen-bond acceptors (Lipinski definition) is 2. The number of hydrogen-bond donors (Lipinski definition) is 1. The van der Waals surface area contributed by atoms with Crippen LogP contribution in [0.5, 0.6) is 0 Å². The number of H-pyrrole nitrogens is 1. The first kappa shape index (κ1) is 6.80. The Bertz CT molecular complexity index is 348. The first-order valence-electron chi connectivity index (χ1n) is 2.88. The third-order valence-corrected chi connectivity index (χ3v) is 1.21. The topological polar surface area (TPSA) is 54.9 Å². The van der Waals surface area contributed by atoms with Crippen molar-refractivity contribution >= 4 is 0 Å². The van der Waals surface area contributed by atoms with E-state index < -0.39 is 11.0 Å². The van der Waals surface area contributed by atoms with E-state index in [-0.39, 0.29) is 0 Å². The minimum absolute atomic E-state index is 0.473. The second-order valence-electron chi connectivity index (χ2n) is 2.17. The highest BCUT2D eigenvalue weighted by Crippen LogP contribution is 1.76. The van der Waals surface area contributed by atoms with Crippen LogP contribution in [0.3, 0.4) is 0 Å². The predicted molar refractivity (Wildman–Crippen MR) is 37.0 cm³/mol. The zero-order valence-corrected chi connectivity index (χ0v) is 5.84. The van der Waals surface area contributed by atoms with Crippen molar-refractivity contribution in [2.75, 3.05) is 0 Å². The minimum atomic E-state index is -0.523. The Morgan fingerprint density at radius 1 is 1.50 bits per heavy atom. The molecule has 1 N–H and O–H groups in total. The summed E-state index contributed by atoms with van der Waals surface area (Å²) < 4.78 is 1.16. The number of aromatic nitrogens is 2. The molecule has 10 heavy (non-hydrogen) atoms. The average molecular weight is 140 g/mol. The Labute approximate surface area is 57.1 Å². The van der Waals surface area contributed by atoms with Gasteiger partial charge in [0.1, 0.15) is 0 Å². The van der Waals surface area contributed by atoms with Gasteiger partial charge in [0.15, 0.2) is 0 Å². The molecule has 0 aliphatic heterocycles. The summed E-state index contributed by atoms with van der Waals surface area (Å²) in [5, 5.41) is 2.68. The van der Waals surface area contributed by atoms with Crippen LogP contribution in [0.1, 0.15) is 5.69 Å². The first-order valence-corrected chi connectivity index (χ1v) is 2.88. The van der Waals surface area contributed by atoms with Crippen molar-refractivity contribution in [3.05, 3.63) is 32.3 Å². The third kappa shape index (κ3) is 1.00. The van der Waals surface area contributed by atoms with Gasteiger partial charge in [-0.2, -0.15) is 0 Å². The fraction of sp³-hybridized carbons (Fsp3) is 0.333. The van der Waals surface area contributed by atoms with Crippen LogP contribution in [0.15, 0.2) is 15.7 Å². The Kier molecular flexibility index (Phi) is 1.45. The molecule has 0 spiro atoms. The Hall–Kier alpha value is -1.32. The monoisotopic (exact) mass is 140 g/mol. The summed E-state index contributed by atoms with van der Waals surface area (Å²) in [6.07, 6.45) is 0. The smallest absolute Gasteiger partial charge is 0.300 e. The molecule has 0 unspecified atom stereocenters. The van der Waals surface area contributed by atoms with Gasteiger partial charge in [0.2, 0.25) is 5.43 Å². The molecule has 0 bridgehead atoms. The zero-order valence-electron chi connectivity index (χ0n) is 5.84. The molecular weight excluding hydrogens is 132 g/mol. The van der Waals surface area contributed by atoms with Crippen LogP contribution in [0, 0.1) is 6.92 Å². The van der Waals surface area contributed by atoms with Crippen molar-refractivity contribution in [2.45, 2.75) is 6.92 Å². The van der Waals surface area contributed by atoms with Gasteiger partial charge in [-0.1, -0.05) is 0 Å². The van der Waals surface area contributed by atoms with Gasteiger partial charge < -0.3 is 5.10 Å². The summed E-state index contributed by atoms with van der Waals surface area (Å²) in [6, 6.07) is 1.28. The van der Waals surface area contributed by atoms with Gasteiger partial charge in [-0.15, -0.1) is 0 Å². The largest absolute Gasteiger partial charge is 0.312 e. The van der Waals surface area contributed by atoms with Crippen LogP contribution in [0.2, 0.25) is 0 Å². The normalized spacial score (nSPS) is 9.80. The Balaban J connectivity index is 3.62. The van der Waals surface area contributed by atoms with E-state index in [9.17, 15) is 9.59 Å². The van der Waals surface area contributed by atoms with Crippen molar-refractivity contribution in [3.63, 3.8) is 0 Å². The van der Waals surface area contributed by atoms with E-state index in [1.165, 1.54) is 13.1 Å². The van der Waals surface area contributed by atoms with Crippen molar-refractivity contribution in [1.29, 1.82) is 0 Å². The molecule has 0 atom stereocenters. The van der Waals surface area contributed by atoms with E-state index in [1.807, 2.05) is 0 Å². The van der Waals surface area contributed by atoms with Gasteiger partial charge in [0.25, 0.3) is 0 Å². The standard InChI is InChI=1S/C6H8N2O2/c1-4-3-5(9)6(10)8(2)7-4/h3,7H,1-2H3. The summed E-state index contributed by atoms with van der Waals surface area (Å²) in [7, 11) is 1.51. The first-order chi connectivity index (χ1) is 4.61. The molecule has 1 aromatic heterocycles. The molecule has 1 aromatic rings. The molecule has 54 valence electrons. The van der Waals surface area contributed by atoms with E-state index in [4.69, 9.17) is 0 Å². The molecule has 0 aromatic carbocycles. The second-order valence-corrected chi connectivity index (χ2v) is 2.17. The fourth-order valence-electron chi connectivity index (χ4n) is 0.771. The lowest BCUT2D eigenvalue weighted by molar-refractivity contribution is 0.685. The summed E-state index contributed by atoms with van der Waals surface area (Å²) in [5.41, 5.74) is -0.309. The van der Waals surface area contributed by atoms with E-state index >= 15 is 0 Å². The van der Waals surface area contributed by atoms with Gasteiger partial charge in [0, 0.05) is 18.8 Å². The quantitative estimate of drug-likeness (QED) is 0.488. The van der Waals surface area contributed by atoms with Gasteiger partial charge in [-0.25, -0.2) is 0 Å². The highest BCUT2D eigenvalue weighted by Gasteiger charge is 1.94. The molecule has 4 heteroatoms. The van der Waals surface area contributed by atoms with Gasteiger partial charge >= 0.3 is 5.56 Å². The van der Waals surface area contributed by atoms with Crippen LogP contribution in [0.4, 0.5) is 0 Å². The highest BCUT2D eigenvalue weighted by molar-refractivity contribution is 4.97. The van der Waals surface area contributed by atoms with Crippen molar-refractivity contribution in [2.24, 2.45) is 7.05 Å². The summed E-state index contributed by atoms with van der Waals surface area (Å²) in [5.74, 6) is 0. The maximum Gasteiger partial charge on any atom is 0.312 e. The maximum atomic E-state index is 10.7. The summed E-state index contributed by atoms with van der Waals surface area (Å²) >= 11 is 0. The highest BCUT2D eigenvalue weighted by atomic mass is 16.2. The van der Waals surface area contributed by atoms with Gasteiger partial charge in [-0.3, -0.25) is 14.3 Å². The van der Waals surface area contributed by atoms with Crippen LogP contribution in [0.25, 0.3) is 0 Å². The lowest BCUT2D eigenvalue weighted by Gasteiger charge is -1.96. The van der Waals surface area contributed by atoms with Gasteiger partial charge in [-0.05, 0) is 6.92 Å². The van der Waals surface area contributed by atoms with Crippen LogP contribution in [-0.4, -0.2) is 9.78 Å². The number of rotatable bonds is 0. The predicted octanol–water partition coefficient (Wildman–Crippen LogP) is -0.618. The third-order valence-electron chi connectivity index (χ3n) is 1.21. The SMILES string of the molecule is Cc1cc(=O)c(=O)n(C)[nH]1. The minimum Gasteiger partial charge on any atom is -0.300 e. The lowest BCUT2D eigenvalue weighted by atomic mass is 10.4. The van der Waals surface area contributed by atoms with E-state index in [0.717, 1.165) is 4.68 Å². The number of nitrogens with zero attached hydrogens (tertiary/aromatic N) is 1. The molecule has 0 fully saturated rings. The van der Waals surface area contributed by atoms with Crippen molar-refractivity contribution in [1.82, 2.24) is 9.78 Å². The molecule has 0 saturated heterocycles. The van der Waals surface area contributed by atoms with Gasteiger partial charge in [0.05, 0.1) is 0 Å². The Morgan fingerprint density at radius 2 is 2.10 bits per heavy atom. The van der Waals surface area contributed by atoms with Crippen molar-refractivity contribution in [3.8, 4) is 0 Å². The molecule has 0 aliphatic rings. The molecule has 4 nitrogen and oxygen atoms in total. The van der Waals surface area contributed by atoms with E-state index in [1.54, 1.807) is 6.92 Å². The van der Waals surface area contributed by atoms with E-state index in [2.05, 4.69) is 5.10 Å². The zero-order chi connectivity index (χ0) is 7.72. The number of aryl methyl sites for hydroxylation is 2. The van der Waals surface area contributed by atoms with Crippen molar-refractivity contribution < 1.29 is 0 Å². The second kappa shape index (κ2) is 2.13. The fourth-order valence-corrected chi connectivity index (χ4v) is 0.771.